The molecule has 0 aromatic heterocycles. The molecule has 0 aliphatic heterocycles. The van der Waals surface area contributed by atoms with Crippen molar-refractivity contribution in [2.45, 2.75) is 12.8 Å². The van der Waals surface area contributed by atoms with Gasteiger partial charge in [-0.3, -0.25) is 0 Å². The zero-order valence-corrected chi connectivity index (χ0v) is 16.0. The van der Waals surface area contributed by atoms with Crippen molar-refractivity contribution in [1.82, 2.24) is 4.90 Å². The molecule has 3 nitrogen and oxygen atoms in total. The van der Waals surface area contributed by atoms with Crippen molar-refractivity contribution in [3.05, 3.63) is 89.5 Å². The summed E-state index contributed by atoms with van der Waals surface area (Å²) >= 11 is 0. The average Bonchev–Trinajstić information content (AvgIpc) is 3.18. The first kappa shape index (κ1) is 19.0. The van der Waals surface area contributed by atoms with Crippen LogP contribution in [0.25, 0.3) is 5.57 Å². The van der Waals surface area contributed by atoms with Crippen molar-refractivity contribution >= 4 is 5.57 Å². The Kier molecular flexibility index (Phi) is 6.15. The van der Waals surface area contributed by atoms with Gasteiger partial charge >= 0.3 is 0 Å². The summed E-state index contributed by atoms with van der Waals surface area (Å²) < 4.78 is 0. The quantitative estimate of drug-likeness (QED) is 0.731. The Morgan fingerprint density at radius 3 is 1.74 bits per heavy atom. The molecule has 140 valence electrons. The molecule has 3 rings (SSSR count). The fourth-order valence-electron chi connectivity index (χ4n) is 3.50. The molecule has 0 heterocycles. The monoisotopic (exact) mass is 361 g/mol. The standard InChI is InChI=1S/C24H27NO2/c1-25(2)17-5-8-23(18-6-3-4-7-18)24(19-9-13-21(26)14-10-19)20-11-15-22(27)16-12-20/h3-4,6-7,9-16,18,26-27H,5,8,17H2,1-2H3. The molecule has 27 heavy (non-hydrogen) atoms. The molecule has 0 saturated heterocycles. The van der Waals surface area contributed by atoms with Gasteiger partial charge in [-0.25, -0.2) is 0 Å². The third kappa shape index (κ3) is 4.89. The van der Waals surface area contributed by atoms with E-state index in [9.17, 15) is 10.2 Å². The van der Waals surface area contributed by atoms with Gasteiger partial charge in [-0.15, -0.1) is 0 Å². The van der Waals surface area contributed by atoms with Crippen LogP contribution >= 0.6 is 0 Å². The van der Waals surface area contributed by atoms with E-state index in [2.05, 4.69) is 43.3 Å². The van der Waals surface area contributed by atoms with E-state index in [0.29, 0.717) is 0 Å². The lowest BCUT2D eigenvalue weighted by Gasteiger charge is -2.21. The lowest BCUT2D eigenvalue weighted by atomic mass is 9.84. The highest BCUT2D eigenvalue weighted by Gasteiger charge is 2.19. The number of hydrogen-bond acceptors (Lipinski definition) is 3. The fourth-order valence-corrected chi connectivity index (χ4v) is 3.50. The molecular weight excluding hydrogens is 334 g/mol. The third-order valence-corrected chi connectivity index (χ3v) is 4.83. The smallest absolute Gasteiger partial charge is 0.115 e. The second-order valence-corrected chi connectivity index (χ2v) is 7.20. The van der Waals surface area contributed by atoms with Crippen molar-refractivity contribution in [3.8, 4) is 11.5 Å². The zero-order chi connectivity index (χ0) is 19.2. The minimum Gasteiger partial charge on any atom is -0.508 e. The molecule has 0 unspecified atom stereocenters. The van der Waals surface area contributed by atoms with Gasteiger partial charge in [0.2, 0.25) is 0 Å². The minimum absolute atomic E-state index is 0.263. The van der Waals surface area contributed by atoms with E-state index in [-0.39, 0.29) is 17.4 Å². The Labute approximate surface area is 161 Å². The van der Waals surface area contributed by atoms with Gasteiger partial charge in [-0.2, -0.15) is 0 Å². The molecule has 0 bridgehead atoms. The van der Waals surface area contributed by atoms with Crippen LogP contribution < -0.4 is 0 Å². The van der Waals surface area contributed by atoms with Crippen LogP contribution in [0.15, 0.2) is 78.4 Å². The van der Waals surface area contributed by atoms with Crippen LogP contribution in [0.3, 0.4) is 0 Å². The predicted molar refractivity (Wildman–Crippen MR) is 112 cm³/mol. The predicted octanol–water partition coefficient (Wildman–Crippen LogP) is 4.98. The van der Waals surface area contributed by atoms with E-state index in [1.54, 1.807) is 24.3 Å². The lowest BCUT2D eigenvalue weighted by Crippen LogP contribution is -2.14. The van der Waals surface area contributed by atoms with E-state index >= 15 is 0 Å². The van der Waals surface area contributed by atoms with Gasteiger partial charge < -0.3 is 15.1 Å². The third-order valence-electron chi connectivity index (χ3n) is 4.83. The van der Waals surface area contributed by atoms with Crippen LogP contribution in [-0.4, -0.2) is 35.8 Å². The number of nitrogens with zero attached hydrogens (tertiary/aromatic N) is 1. The normalized spacial score (nSPS) is 13.4. The van der Waals surface area contributed by atoms with Gasteiger partial charge in [-0.05, 0) is 74.4 Å². The Hall–Kier alpha value is -2.78. The van der Waals surface area contributed by atoms with Crippen LogP contribution in [-0.2, 0) is 0 Å². The Balaban J connectivity index is 2.11. The van der Waals surface area contributed by atoms with Crippen LogP contribution in [0.4, 0.5) is 0 Å². The number of allylic oxidation sites excluding steroid dienone is 5. The van der Waals surface area contributed by atoms with Crippen LogP contribution in [0.5, 0.6) is 11.5 Å². The number of aromatic hydroxyl groups is 2. The highest BCUT2D eigenvalue weighted by Crippen LogP contribution is 2.36. The Morgan fingerprint density at radius 1 is 0.815 bits per heavy atom. The van der Waals surface area contributed by atoms with Crippen LogP contribution in [0, 0.1) is 5.92 Å². The lowest BCUT2D eigenvalue weighted by molar-refractivity contribution is 0.399. The molecule has 0 spiro atoms. The number of rotatable bonds is 7. The molecule has 0 radical (unpaired) electrons. The van der Waals surface area contributed by atoms with Gasteiger partial charge in [0.1, 0.15) is 11.5 Å². The van der Waals surface area contributed by atoms with Gasteiger partial charge in [0.25, 0.3) is 0 Å². The molecule has 0 amide bonds. The minimum atomic E-state index is 0.263. The summed E-state index contributed by atoms with van der Waals surface area (Å²) in [6.45, 7) is 1.03. The zero-order valence-electron chi connectivity index (χ0n) is 16.0. The molecule has 0 saturated carbocycles. The van der Waals surface area contributed by atoms with E-state index in [4.69, 9.17) is 0 Å². The summed E-state index contributed by atoms with van der Waals surface area (Å²) in [5.74, 6) is 0.794. The number of benzene rings is 2. The van der Waals surface area contributed by atoms with E-state index < -0.39 is 0 Å². The first-order valence-corrected chi connectivity index (χ1v) is 9.36. The van der Waals surface area contributed by atoms with Crippen molar-refractivity contribution in [1.29, 1.82) is 0 Å². The topological polar surface area (TPSA) is 43.7 Å². The maximum absolute atomic E-state index is 9.72. The molecule has 1 aliphatic rings. The van der Waals surface area contributed by atoms with Crippen molar-refractivity contribution in [2.24, 2.45) is 5.92 Å². The largest absolute Gasteiger partial charge is 0.508 e. The van der Waals surface area contributed by atoms with Gasteiger partial charge in [0.05, 0.1) is 0 Å². The molecule has 3 heteroatoms. The summed E-state index contributed by atoms with van der Waals surface area (Å²) in [7, 11) is 4.19. The molecule has 2 aromatic rings. The maximum Gasteiger partial charge on any atom is 0.115 e. The summed E-state index contributed by atoms with van der Waals surface area (Å²) in [6, 6.07) is 14.8. The van der Waals surface area contributed by atoms with Crippen molar-refractivity contribution < 1.29 is 10.2 Å². The summed E-state index contributed by atoms with van der Waals surface area (Å²) in [5, 5.41) is 19.4. The molecule has 1 aliphatic carbocycles. The Bertz CT molecular complexity index is 783. The second-order valence-electron chi connectivity index (χ2n) is 7.20. The molecule has 2 aromatic carbocycles. The second kappa shape index (κ2) is 8.74. The van der Waals surface area contributed by atoms with Crippen molar-refractivity contribution in [3.63, 3.8) is 0 Å². The van der Waals surface area contributed by atoms with Gasteiger partial charge in [-0.1, -0.05) is 54.1 Å². The van der Waals surface area contributed by atoms with Gasteiger partial charge in [0, 0.05) is 5.92 Å². The number of phenolic OH excluding ortho intramolecular Hbond substituents is 2. The Morgan fingerprint density at radius 2 is 1.30 bits per heavy atom. The molecule has 2 N–H and O–H groups in total. The van der Waals surface area contributed by atoms with Crippen LogP contribution in [0.1, 0.15) is 24.0 Å². The van der Waals surface area contributed by atoms with Gasteiger partial charge in [0.15, 0.2) is 0 Å². The first-order chi connectivity index (χ1) is 13.0. The average molecular weight is 361 g/mol. The van der Waals surface area contributed by atoms with Crippen LogP contribution in [0.2, 0.25) is 0 Å². The van der Waals surface area contributed by atoms with E-state index in [1.807, 2.05) is 24.3 Å². The van der Waals surface area contributed by atoms with Crippen molar-refractivity contribution in [2.75, 3.05) is 20.6 Å². The highest BCUT2D eigenvalue weighted by molar-refractivity contribution is 5.83. The summed E-state index contributed by atoms with van der Waals surface area (Å²) in [6.07, 6.45) is 10.7. The number of hydrogen-bond donors (Lipinski definition) is 2. The van der Waals surface area contributed by atoms with E-state index in [1.165, 1.54) is 11.1 Å². The highest BCUT2D eigenvalue weighted by atomic mass is 16.3. The van der Waals surface area contributed by atoms with E-state index in [0.717, 1.165) is 30.5 Å². The summed E-state index contributed by atoms with van der Waals surface area (Å²) in [4.78, 5) is 2.21. The molecule has 0 atom stereocenters. The first-order valence-electron chi connectivity index (χ1n) is 9.36. The fraction of sp³-hybridized carbons (Fsp3) is 0.250. The number of phenols is 2. The summed E-state index contributed by atoms with van der Waals surface area (Å²) in [5.41, 5.74) is 4.69. The SMILES string of the molecule is CN(C)CCCC(=C(c1ccc(O)cc1)c1ccc(O)cc1)C1C=CC=C1. The maximum atomic E-state index is 9.72. The molecular formula is C24H27NO2. The molecule has 0 fully saturated rings.